The molecule has 1 amide bonds. The average Bonchev–Trinajstić information content (AvgIpc) is 2.48. The van der Waals surface area contributed by atoms with Crippen molar-refractivity contribution in [3.8, 4) is 0 Å². The van der Waals surface area contributed by atoms with Gasteiger partial charge in [0.25, 0.3) is 0 Å². The summed E-state index contributed by atoms with van der Waals surface area (Å²) in [6.45, 7) is 6.96. The van der Waals surface area contributed by atoms with Gasteiger partial charge in [0.2, 0.25) is 5.91 Å². The Hall–Kier alpha value is -0.570. The zero-order valence-corrected chi connectivity index (χ0v) is 8.79. The zero-order chi connectivity index (χ0) is 10.0. The van der Waals surface area contributed by atoms with Crippen LogP contribution in [-0.2, 0) is 4.79 Å². The van der Waals surface area contributed by atoms with Crippen LogP contribution in [0.25, 0.3) is 0 Å². The number of nitrogens with two attached hydrogens (primary N) is 1. The van der Waals surface area contributed by atoms with Crippen LogP contribution >= 0.6 is 0 Å². The fourth-order valence-electron chi connectivity index (χ4n) is 1.74. The van der Waals surface area contributed by atoms with Crippen LogP contribution in [0.2, 0.25) is 0 Å². The first-order valence-corrected chi connectivity index (χ1v) is 5.10. The highest BCUT2D eigenvalue weighted by molar-refractivity contribution is 5.82. The minimum atomic E-state index is -0.319. The Bertz CT molecular complexity index is 191. The van der Waals surface area contributed by atoms with Gasteiger partial charge in [0.15, 0.2) is 0 Å². The normalized spacial score (nSPS) is 25.3. The Labute approximate surface area is 80.3 Å². The minimum Gasteiger partial charge on any atom is -0.339 e. The number of hydrogen-bond acceptors (Lipinski definition) is 2. The van der Waals surface area contributed by atoms with Gasteiger partial charge < -0.3 is 10.6 Å². The van der Waals surface area contributed by atoms with E-state index in [0.29, 0.717) is 6.04 Å². The van der Waals surface area contributed by atoms with Crippen LogP contribution in [0.4, 0.5) is 0 Å². The fraction of sp³-hybridized carbons (Fsp3) is 0.900. The molecule has 0 aromatic rings. The van der Waals surface area contributed by atoms with Crippen molar-refractivity contribution in [3.63, 3.8) is 0 Å². The Kier molecular flexibility index (Phi) is 3.31. The van der Waals surface area contributed by atoms with E-state index in [1.165, 1.54) is 0 Å². The van der Waals surface area contributed by atoms with E-state index in [1.54, 1.807) is 0 Å². The van der Waals surface area contributed by atoms with Crippen molar-refractivity contribution in [1.29, 1.82) is 0 Å². The summed E-state index contributed by atoms with van der Waals surface area (Å²) in [5, 5.41) is 0. The van der Waals surface area contributed by atoms with Gasteiger partial charge in [-0.2, -0.15) is 0 Å². The van der Waals surface area contributed by atoms with Crippen LogP contribution in [-0.4, -0.2) is 29.4 Å². The van der Waals surface area contributed by atoms with Crippen molar-refractivity contribution >= 4 is 5.91 Å². The van der Waals surface area contributed by atoms with Crippen LogP contribution in [0.5, 0.6) is 0 Å². The first kappa shape index (κ1) is 10.5. The van der Waals surface area contributed by atoms with Crippen molar-refractivity contribution < 1.29 is 4.79 Å². The smallest absolute Gasteiger partial charge is 0.239 e. The lowest BCUT2D eigenvalue weighted by molar-refractivity contribution is -0.134. The molecule has 13 heavy (non-hydrogen) atoms. The lowest BCUT2D eigenvalue weighted by Crippen LogP contribution is -2.47. The molecule has 1 aliphatic rings. The Morgan fingerprint density at radius 1 is 1.54 bits per heavy atom. The number of rotatable bonds is 2. The second kappa shape index (κ2) is 4.09. The lowest BCUT2D eigenvalue weighted by Gasteiger charge is -2.26. The van der Waals surface area contributed by atoms with E-state index in [2.05, 4.69) is 6.92 Å². The number of carbonyl (C=O) groups excluding carboxylic acids is 1. The van der Waals surface area contributed by atoms with Gasteiger partial charge in [0.05, 0.1) is 6.04 Å². The molecular formula is C10H20N2O. The van der Waals surface area contributed by atoms with Gasteiger partial charge in [0, 0.05) is 12.6 Å². The number of carbonyl (C=O) groups is 1. The summed E-state index contributed by atoms with van der Waals surface area (Å²) in [4.78, 5) is 13.7. The monoisotopic (exact) mass is 184 g/mol. The molecule has 3 nitrogen and oxygen atoms in total. The van der Waals surface area contributed by atoms with Crippen LogP contribution in [0, 0.1) is 5.92 Å². The van der Waals surface area contributed by atoms with Gasteiger partial charge in [-0.05, 0) is 25.7 Å². The van der Waals surface area contributed by atoms with Crippen molar-refractivity contribution in [1.82, 2.24) is 4.90 Å². The summed E-state index contributed by atoms with van der Waals surface area (Å²) in [7, 11) is 0. The number of amides is 1. The Morgan fingerprint density at radius 3 is 2.54 bits per heavy atom. The maximum absolute atomic E-state index is 11.8. The van der Waals surface area contributed by atoms with E-state index in [4.69, 9.17) is 5.73 Å². The van der Waals surface area contributed by atoms with Crippen molar-refractivity contribution in [2.24, 2.45) is 11.7 Å². The second-order valence-corrected chi connectivity index (χ2v) is 4.29. The first-order valence-electron chi connectivity index (χ1n) is 5.10. The predicted octanol–water partition coefficient (Wildman–Crippen LogP) is 0.981. The Morgan fingerprint density at radius 2 is 2.15 bits per heavy atom. The number of hydrogen-bond donors (Lipinski definition) is 1. The van der Waals surface area contributed by atoms with Crippen LogP contribution in [0.1, 0.15) is 33.6 Å². The van der Waals surface area contributed by atoms with Gasteiger partial charge in [-0.3, -0.25) is 4.79 Å². The van der Waals surface area contributed by atoms with Gasteiger partial charge in [0.1, 0.15) is 0 Å². The molecule has 76 valence electrons. The summed E-state index contributed by atoms with van der Waals surface area (Å²) >= 11 is 0. The van der Waals surface area contributed by atoms with E-state index < -0.39 is 0 Å². The standard InChI is InChI=1S/C10H20N2O/c1-7(2)9(11)10(13)12-6-4-5-8(12)3/h7-9H,4-6,11H2,1-3H3/t8-,9?/m1/s1. The molecule has 0 aromatic carbocycles. The molecular weight excluding hydrogens is 164 g/mol. The average molecular weight is 184 g/mol. The van der Waals surface area contributed by atoms with Crippen LogP contribution < -0.4 is 5.73 Å². The molecule has 2 atom stereocenters. The van der Waals surface area contributed by atoms with Gasteiger partial charge in [-0.1, -0.05) is 13.8 Å². The van der Waals surface area contributed by atoms with Crippen molar-refractivity contribution in [3.05, 3.63) is 0 Å². The SMILES string of the molecule is CC(C)C(N)C(=O)N1CCC[C@H]1C. The van der Waals surface area contributed by atoms with Crippen molar-refractivity contribution in [2.45, 2.75) is 45.7 Å². The van der Waals surface area contributed by atoms with E-state index in [9.17, 15) is 4.79 Å². The van der Waals surface area contributed by atoms with Crippen LogP contribution in [0.15, 0.2) is 0 Å². The maximum Gasteiger partial charge on any atom is 0.239 e. The predicted molar refractivity (Wildman–Crippen MR) is 53.2 cm³/mol. The fourth-order valence-corrected chi connectivity index (χ4v) is 1.74. The molecule has 0 spiro atoms. The summed E-state index contributed by atoms with van der Waals surface area (Å²) in [5.41, 5.74) is 5.81. The van der Waals surface area contributed by atoms with E-state index in [-0.39, 0.29) is 17.9 Å². The summed E-state index contributed by atoms with van der Waals surface area (Å²) < 4.78 is 0. The van der Waals surface area contributed by atoms with Crippen LogP contribution in [0.3, 0.4) is 0 Å². The highest BCUT2D eigenvalue weighted by Crippen LogP contribution is 2.18. The van der Waals surface area contributed by atoms with Gasteiger partial charge in [-0.25, -0.2) is 0 Å². The van der Waals surface area contributed by atoms with E-state index >= 15 is 0 Å². The molecule has 1 saturated heterocycles. The third-order valence-electron chi connectivity index (χ3n) is 2.84. The maximum atomic E-state index is 11.8. The number of nitrogens with zero attached hydrogens (tertiary/aromatic N) is 1. The summed E-state index contributed by atoms with van der Waals surface area (Å²) in [6.07, 6.45) is 2.24. The molecule has 2 N–H and O–H groups in total. The second-order valence-electron chi connectivity index (χ2n) is 4.29. The molecule has 1 rings (SSSR count). The third kappa shape index (κ3) is 2.21. The highest BCUT2D eigenvalue weighted by atomic mass is 16.2. The van der Waals surface area contributed by atoms with Gasteiger partial charge >= 0.3 is 0 Å². The third-order valence-corrected chi connectivity index (χ3v) is 2.84. The first-order chi connectivity index (χ1) is 6.04. The summed E-state index contributed by atoms with van der Waals surface area (Å²) in [6, 6.07) is 0.0675. The molecule has 1 fully saturated rings. The molecule has 1 heterocycles. The molecule has 0 radical (unpaired) electrons. The molecule has 3 heteroatoms. The van der Waals surface area contributed by atoms with Gasteiger partial charge in [-0.15, -0.1) is 0 Å². The molecule has 1 unspecified atom stereocenters. The van der Waals surface area contributed by atoms with Crippen molar-refractivity contribution in [2.75, 3.05) is 6.54 Å². The molecule has 0 saturated carbocycles. The lowest BCUT2D eigenvalue weighted by atomic mass is 10.0. The largest absolute Gasteiger partial charge is 0.339 e. The molecule has 1 aliphatic heterocycles. The number of likely N-dealkylation sites (tertiary alicyclic amines) is 1. The molecule has 0 aliphatic carbocycles. The molecule has 0 aromatic heterocycles. The highest BCUT2D eigenvalue weighted by Gasteiger charge is 2.29. The minimum absolute atomic E-state index is 0.125. The Balaban J connectivity index is 2.56. The summed E-state index contributed by atoms with van der Waals surface area (Å²) in [5.74, 6) is 0.361. The zero-order valence-electron chi connectivity index (χ0n) is 8.79. The topological polar surface area (TPSA) is 46.3 Å². The quantitative estimate of drug-likeness (QED) is 0.695. The van der Waals surface area contributed by atoms with E-state index in [0.717, 1.165) is 19.4 Å². The van der Waals surface area contributed by atoms with E-state index in [1.807, 2.05) is 18.7 Å². The molecule has 0 bridgehead atoms.